The minimum Gasteiger partial charge on any atom is -0.382 e. The molecule has 0 aromatic carbocycles. The third-order valence-electron chi connectivity index (χ3n) is 3.73. The van der Waals surface area contributed by atoms with Crippen molar-refractivity contribution in [1.82, 2.24) is 4.37 Å². The third kappa shape index (κ3) is 3.63. The van der Waals surface area contributed by atoms with Crippen LogP contribution in [0.15, 0.2) is 4.90 Å². The third-order valence-corrected chi connectivity index (χ3v) is 6.66. The number of anilines is 2. The van der Waals surface area contributed by atoms with Crippen LogP contribution in [0.2, 0.25) is 0 Å². The Kier molecular flexibility index (Phi) is 5.26. The van der Waals surface area contributed by atoms with E-state index in [0.29, 0.717) is 17.3 Å². The molecular formula is C13H23N3O2S2. The molecule has 20 heavy (non-hydrogen) atoms. The monoisotopic (exact) mass is 317 g/mol. The fraction of sp³-hybridized carbons (Fsp3) is 0.769. The highest BCUT2D eigenvalue weighted by molar-refractivity contribution is 7.91. The summed E-state index contributed by atoms with van der Waals surface area (Å²) in [4.78, 5) is 0.208. The molecule has 1 fully saturated rings. The van der Waals surface area contributed by atoms with Gasteiger partial charge in [-0.2, -0.15) is 4.37 Å². The number of nitrogens with two attached hydrogens (primary N) is 1. The summed E-state index contributed by atoms with van der Waals surface area (Å²) < 4.78 is 28.5. The summed E-state index contributed by atoms with van der Waals surface area (Å²) in [6.07, 6.45) is 6.90. The molecule has 1 saturated carbocycles. The first-order valence-electron chi connectivity index (χ1n) is 7.26. The summed E-state index contributed by atoms with van der Waals surface area (Å²) in [7, 11) is -3.32. The van der Waals surface area contributed by atoms with Crippen LogP contribution in [0.25, 0.3) is 0 Å². The maximum atomic E-state index is 12.2. The first kappa shape index (κ1) is 15.6. The molecule has 1 heterocycles. The lowest BCUT2D eigenvalue weighted by molar-refractivity contribution is 0.373. The van der Waals surface area contributed by atoms with Crippen molar-refractivity contribution in [3.8, 4) is 0 Å². The second-order valence-corrected chi connectivity index (χ2v) is 8.25. The Balaban J connectivity index is 2.08. The zero-order valence-electron chi connectivity index (χ0n) is 11.9. The summed E-state index contributed by atoms with van der Waals surface area (Å²) in [5.41, 5.74) is 5.75. The van der Waals surface area contributed by atoms with Crippen LogP contribution in [0.3, 0.4) is 0 Å². The maximum Gasteiger partial charge on any atom is 0.185 e. The number of sulfone groups is 1. The van der Waals surface area contributed by atoms with Gasteiger partial charge in [-0.15, -0.1) is 0 Å². The standard InChI is InChI=1S/C13H23N3O2S2/c1-2-8-20(17,18)11-12(14)16-19-13(11)15-9-10-6-4-3-5-7-10/h10,15H,2-9H2,1H3,(H2,14,16). The van der Waals surface area contributed by atoms with Crippen molar-refractivity contribution < 1.29 is 8.42 Å². The van der Waals surface area contributed by atoms with Gasteiger partial charge >= 0.3 is 0 Å². The van der Waals surface area contributed by atoms with Gasteiger partial charge in [-0.1, -0.05) is 26.2 Å². The van der Waals surface area contributed by atoms with Gasteiger partial charge in [0.15, 0.2) is 15.7 Å². The highest BCUT2D eigenvalue weighted by Crippen LogP contribution is 2.33. The Labute approximate surface area is 125 Å². The topological polar surface area (TPSA) is 85.1 Å². The second-order valence-electron chi connectivity index (χ2n) is 5.43. The quantitative estimate of drug-likeness (QED) is 0.842. The van der Waals surface area contributed by atoms with E-state index in [2.05, 4.69) is 9.69 Å². The Bertz CT molecular complexity index is 534. The van der Waals surface area contributed by atoms with Gasteiger partial charge in [0.05, 0.1) is 5.75 Å². The average molecular weight is 317 g/mol. The Hall–Kier alpha value is -0.820. The molecule has 0 unspecified atom stereocenters. The van der Waals surface area contributed by atoms with Gasteiger partial charge in [0.2, 0.25) is 0 Å². The molecule has 0 bridgehead atoms. The van der Waals surface area contributed by atoms with Crippen LogP contribution in [-0.2, 0) is 9.84 Å². The molecule has 5 nitrogen and oxygen atoms in total. The van der Waals surface area contributed by atoms with Crippen LogP contribution in [0.1, 0.15) is 45.4 Å². The number of hydrogen-bond donors (Lipinski definition) is 2. The lowest BCUT2D eigenvalue weighted by atomic mass is 9.89. The molecule has 0 aliphatic heterocycles. The molecule has 2 rings (SSSR count). The smallest absolute Gasteiger partial charge is 0.185 e. The van der Waals surface area contributed by atoms with Crippen molar-refractivity contribution in [1.29, 1.82) is 0 Å². The number of rotatable bonds is 6. The van der Waals surface area contributed by atoms with Crippen molar-refractivity contribution in [3.05, 3.63) is 0 Å². The van der Waals surface area contributed by atoms with Crippen molar-refractivity contribution in [3.63, 3.8) is 0 Å². The van der Waals surface area contributed by atoms with Gasteiger partial charge in [-0.05, 0) is 36.7 Å². The summed E-state index contributed by atoms with van der Waals surface area (Å²) >= 11 is 1.15. The zero-order valence-corrected chi connectivity index (χ0v) is 13.5. The fourth-order valence-electron chi connectivity index (χ4n) is 2.71. The van der Waals surface area contributed by atoms with E-state index in [9.17, 15) is 8.42 Å². The van der Waals surface area contributed by atoms with E-state index in [-0.39, 0.29) is 16.5 Å². The van der Waals surface area contributed by atoms with E-state index < -0.39 is 9.84 Å². The molecule has 1 aliphatic rings. The van der Waals surface area contributed by atoms with E-state index >= 15 is 0 Å². The van der Waals surface area contributed by atoms with Crippen LogP contribution < -0.4 is 11.1 Å². The SMILES string of the molecule is CCCS(=O)(=O)c1c(N)nsc1NCC1CCCCC1. The summed E-state index contributed by atoms with van der Waals surface area (Å²) in [6, 6.07) is 0. The van der Waals surface area contributed by atoms with Gasteiger partial charge in [-0.3, -0.25) is 0 Å². The minimum absolute atomic E-state index is 0.119. The van der Waals surface area contributed by atoms with Crippen molar-refractivity contribution >= 4 is 32.2 Å². The normalized spacial score (nSPS) is 17.2. The Morgan fingerprint density at radius 1 is 1.35 bits per heavy atom. The second kappa shape index (κ2) is 6.76. The van der Waals surface area contributed by atoms with Crippen LogP contribution in [0.5, 0.6) is 0 Å². The number of aromatic nitrogens is 1. The zero-order chi connectivity index (χ0) is 14.6. The van der Waals surface area contributed by atoms with Crippen LogP contribution in [0, 0.1) is 5.92 Å². The predicted molar refractivity (Wildman–Crippen MR) is 83.9 cm³/mol. The maximum absolute atomic E-state index is 12.2. The number of hydrogen-bond acceptors (Lipinski definition) is 6. The molecule has 0 spiro atoms. The van der Waals surface area contributed by atoms with Gasteiger partial charge in [0, 0.05) is 6.54 Å². The summed E-state index contributed by atoms with van der Waals surface area (Å²) in [6.45, 7) is 2.67. The molecule has 114 valence electrons. The average Bonchev–Trinajstić information content (AvgIpc) is 2.79. The number of nitrogen functional groups attached to an aromatic ring is 1. The highest BCUT2D eigenvalue weighted by Gasteiger charge is 2.25. The molecule has 1 aromatic rings. The molecule has 0 atom stereocenters. The summed E-state index contributed by atoms with van der Waals surface area (Å²) in [5.74, 6) is 0.886. The molecule has 7 heteroatoms. The number of nitrogens with zero attached hydrogens (tertiary/aromatic N) is 1. The Morgan fingerprint density at radius 3 is 2.70 bits per heavy atom. The van der Waals surface area contributed by atoms with Gasteiger partial charge in [-0.25, -0.2) is 8.42 Å². The van der Waals surface area contributed by atoms with Gasteiger partial charge < -0.3 is 11.1 Å². The van der Waals surface area contributed by atoms with Crippen molar-refractivity contribution in [2.24, 2.45) is 5.92 Å². The van der Waals surface area contributed by atoms with Crippen molar-refractivity contribution in [2.75, 3.05) is 23.3 Å². The number of nitrogens with one attached hydrogen (secondary N) is 1. The van der Waals surface area contributed by atoms with E-state index in [4.69, 9.17) is 5.73 Å². The minimum atomic E-state index is -3.32. The fourth-order valence-corrected chi connectivity index (χ4v) is 5.33. The Morgan fingerprint density at radius 2 is 2.05 bits per heavy atom. The molecular weight excluding hydrogens is 294 g/mol. The van der Waals surface area contributed by atoms with Gasteiger partial charge in [0.1, 0.15) is 9.90 Å². The van der Waals surface area contributed by atoms with Crippen LogP contribution in [0.4, 0.5) is 10.8 Å². The van der Waals surface area contributed by atoms with E-state index in [1.54, 1.807) is 0 Å². The van der Waals surface area contributed by atoms with Crippen LogP contribution in [-0.4, -0.2) is 25.1 Å². The molecule has 0 amide bonds. The summed E-state index contributed by atoms with van der Waals surface area (Å²) in [5, 5.41) is 3.88. The largest absolute Gasteiger partial charge is 0.382 e. The van der Waals surface area contributed by atoms with Crippen LogP contribution >= 0.6 is 11.5 Å². The lowest BCUT2D eigenvalue weighted by Crippen LogP contribution is -2.18. The molecule has 1 aliphatic carbocycles. The predicted octanol–water partition coefficient (Wildman–Crippen LogP) is 2.90. The van der Waals surface area contributed by atoms with E-state index in [1.807, 2.05) is 6.92 Å². The van der Waals surface area contributed by atoms with Crippen molar-refractivity contribution in [2.45, 2.75) is 50.3 Å². The van der Waals surface area contributed by atoms with Gasteiger partial charge in [0.25, 0.3) is 0 Å². The molecule has 0 radical (unpaired) electrons. The van der Waals surface area contributed by atoms with E-state index in [1.165, 1.54) is 32.1 Å². The first-order valence-corrected chi connectivity index (χ1v) is 9.69. The highest BCUT2D eigenvalue weighted by atomic mass is 32.2. The molecule has 3 N–H and O–H groups in total. The lowest BCUT2D eigenvalue weighted by Gasteiger charge is -2.22. The van der Waals surface area contributed by atoms with E-state index in [0.717, 1.165) is 18.1 Å². The molecule has 1 aromatic heterocycles. The first-order chi connectivity index (χ1) is 9.54. The molecule has 0 saturated heterocycles.